The van der Waals surface area contributed by atoms with Gasteiger partial charge in [0.2, 0.25) is 5.95 Å². The standard InChI is InChI=1S/C12H14N4/c1-10-5-7-14-12(15-10)16(2)9-11-4-3-6-13-8-11/h3-8H,9H2,1-2H3. The summed E-state index contributed by atoms with van der Waals surface area (Å²) >= 11 is 0. The maximum absolute atomic E-state index is 4.36. The summed E-state index contributed by atoms with van der Waals surface area (Å²) in [4.78, 5) is 14.7. The van der Waals surface area contributed by atoms with Crippen molar-refractivity contribution < 1.29 is 0 Å². The van der Waals surface area contributed by atoms with Crippen LogP contribution in [-0.4, -0.2) is 22.0 Å². The molecule has 0 aliphatic rings. The second-order valence-corrected chi connectivity index (χ2v) is 3.72. The fourth-order valence-corrected chi connectivity index (χ4v) is 1.46. The van der Waals surface area contributed by atoms with Crippen molar-refractivity contribution in [3.05, 3.63) is 48.0 Å². The van der Waals surface area contributed by atoms with Gasteiger partial charge in [0.1, 0.15) is 0 Å². The summed E-state index contributed by atoms with van der Waals surface area (Å²) in [6, 6.07) is 5.86. The molecule has 0 radical (unpaired) electrons. The Hall–Kier alpha value is -1.97. The highest BCUT2D eigenvalue weighted by atomic mass is 15.2. The third-order valence-electron chi connectivity index (χ3n) is 2.27. The second-order valence-electron chi connectivity index (χ2n) is 3.72. The molecule has 0 aliphatic carbocycles. The lowest BCUT2D eigenvalue weighted by molar-refractivity contribution is 0.855. The van der Waals surface area contributed by atoms with Gasteiger partial charge in [0.05, 0.1) is 0 Å². The lowest BCUT2D eigenvalue weighted by Gasteiger charge is -2.16. The number of nitrogens with zero attached hydrogens (tertiary/aromatic N) is 4. The molecular formula is C12H14N4. The SMILES string of the molecule is Cc1ccnc(N(C)Cc2cccnc2)n1. The Labute approximate surface area is 95.0 Å². The highest BCUT2D eigenvalue weighted by Crippen LogP contribution is 2.09. The van der Waals surface area contributed by atoms with E-state index < -0.39 is 0 Å². The molecule has 2 aromatic rings. The number of anilines is 1. The molecular weight excluding hydrogens is 200 g/mol. The first-order valence-corrected chi connectivity index (χ1v) is 5.15. The Bertz CT molecular complexity index is 456. The van der Waals surface area contributed by atoms with Gasteiger partial charge in [-0.15, -0.1) is 0 Å². The van der Waals surface area contributed by atoms with Gasteiger partial charge in [0.15, 0.2) is 0 Å². The Kier molecular flexibility index (Phi) is 3.10. The minimum Gasteiger partial charge on any atom is -0.339 e. The summed E-state index contributed by atoms with van der Waals surface area (Å²) in [6.45, 7) is 2.72. The zero-order valence-electron chi connectivity index (χ0n) is 9.46. The zero-order valence-corrected chi connectivity index (χ0v) is 9.46. The van der Waals surface area contributed by atoms with Gasteiger partial charge in [-0.05, 0) is 24.6 Å². The highest BCUT2D eigenvalue weighted by Gasteiger charge is 2.04. The summed E-state index contributed by atoms with van der Waals surface area (Å²) in [5.41, 5.74) is 2.12. The average molecular weight is 214 g/mol. The smallest absolute Gasteiger partial charge is 0.225 e. The predicted octanol–water partition coefficient (Wildman–Crippen LogP) is 1.82. The van der Waals surface area contributed by atoms with Crippen molar-refractivity contribution in [3.8, 4) is 0 Å². The van der Waals surface area contributed by atoms with Gasteiger partial charge in [-0.25, -0.2) is 9.97 Å². The van der Waals surface area contributed by atoms with Crippen LogP contribution in [0.25, 0.3) is 0 Å². The predicted molar refractivity (Wildman–Crippen MR) is 63.1 cm³/mol. The minimum atomic E-state index is 0.740. The van der Waals surface area contributed by atoms with Crippen molar-refractivity contribution in [2.75, 3.05) is 11.9 Å². The van der Waals surface area contributed by atoms with Gasteiger partial charge in [-0.2, -0.15) is 0 Å². The molecule has 4 nitrogen and oxygen atoms in total. The van der Waals surface area contributed by atoms with Crippen LogP contribution >= 0.6 is 0 Å². The van der Waals surface area contributed by atoms with Crippen LogP contribution in [0.5, 0.6) is 0 Å². The first-order chi connectivity index (χ1) is 7.75. The van der Waals surface area contributed by atoms with E-state index in [1.807, 2.05) is 43.3 Å². The van der Waals surface area contributed by atoms with Crippen LogP contribution in [0.2, 0.25) is 0 Å². The fourth-order valence-electron chi connectivity index (χ4n) is 1.46. The average Bonchev–Trinajstić information content (AvgIpc) is 2.30. The maximum atomic E-state index is 4.36. The van der Waals surface area contributed by atoms with Crippen molar-refractivity contribution >= 4 is 5.95 Å². The summed E-state index contributed by atoms with van der Waals surface area (Å²) in [6.07, 6.45) is 5.40. The van der Waals surface area contributed by atoms with Crippen LogP contribution < -0.4 is 4.90 Å². The van der Waals surface area contributed by atoms with Crippen molar-refractivity contribution in [3.63, 3.8) is 0 Å². The topological polar surface area (TPSA) is 41.9 Å². The van der Waals surface area contributed by atoms with Crippen molar-refractivity contribution in [2.24, 2.45) is 0 Å². The maximum Gasteiger partial charge on any atom is 0.225 e. The van der Waals surface area contributed by atoms with Gasteiger partial charge < -0.3 is 4.90 Å². The third kappa shape index (κ3) is 2.53. The Morgan fingerprint density at radius 2 is 2.12 bits per heavy atom. The molecule has 0 fully saturated rings. The molecule has 0 amide bonds. The largest absolute Gasteiger partial charge is 0.339 e. The number of rotatable bonds is 3. The number of hydrogen-bond acceptors (Lipinski definition) is 4. The molecule has 0 bridgehead atoms. The van der Waals surface area contributed by atoms with E-state index in [0.717, 1.165) is 23.8 Å². The van der Waals surface area contributed by atoms with Gasteiger partial charge in [-0.3, -0.25) is 4.98 Å². The molecule has 0 saturated carbocycles. The monoisotopic (exact) mass is 214 g/mol. The van der Waals surface area contributed by atoms with Crippen molar-refractivity contribution in [1.82, 2.24) is 15.0 Å². The van der Waals surface area contributed by atoms with E-state index in [0.29, 0.717) is 0 Å². The molecule has 0 aliphatic heterocycles. The molecule has 4 heteroatoms. The lowest BCUT2D eigenvalue weighted by atomic mass is 10.3. The summed E-state index contributed by atoms with van der Waals surface area (Å²) < 4.78 is 0. The van der Waals surface area contributed by atoms with Crippen LogP contribution in [0.4, 0.5) is 5.95 Å². The summed E-state index contributed by atoms with van der Waals surface area (Å²) in [5.74, 6) is 0.740. The molecule has 2 heterocycles. The van der Waals surface area contributed by atoms with E-state index in [2.05, 4.69) is 15.0 Å². The van der Waals surface area contributed by atoms with E-state index in [9.17, 15) is 0 Å². The summed E-state index contributed by atoms with van der Waals surface area (Å²) in [5, 5.41) is 0. The van der Waals surface area contributed by atoms with Crippen molar-refractivity contribution in [2.45, 2.75) is 13.5 Å². The molecule has 2 rings (SSSR count). The fraction of sp³-hybridized carbons (Fsp3) is 0.250. The second kappa shape index (κ2) is 4.70. The molecule has 0 saturated heterocycles. The van der Waals surface area contributed by atoms with Crippen LogP contribution in [0.3, 0.4) is 0 Å². The third-order valence-corrected chi connectivity index (χ3v) is 2.27. The van der Waals surface area contributed by atoms with Crippen LogP contribution in [0.15, 0.2) is 36.8 Å². The molecule has 0 atom stereocenters. The molecule has 0 aromatic carbocycles. The Morgan fingerprint density at radius 3 is 2.81 bits per heavy atom. The van der Waals surface area contributed by atoms with E-state index in [-0.39, 0.29) is 0 Å². The lowest BCUT2D eigenvalue weighted by Crippen LogP contribution is -2.19. The van der Waals surface area contributed by atoms with E-state index in [1.165, 1.54) is 0 Å². The highest BCUT2D eigenvalue weighted by molar-refractivity contribution is 5.30. The van der Waals surface area contributed by atoms with Gasteiger partial charge in [0.25, 0.3) is 0 Å². The summed E-state index contributed by atoms with van der Waals surface area (Å²) in [7, 11) is 1.97. The normalized spacial score (nSPS) is 10.1. The molecule has 0 spiro atoms. The first kappa shape index (κ1) is 10.5. The van der Waals surface area contributed by atoms with Gasteiger partial charge >= 0.3 is 0 Å². The quantitative estimate of drug-likeness (QED) is 0.781. The number of aryl methyl sites for hydroxylation is 1. The van der Waals surface area contributed by atoms with Crippen LogP contribution in [0.1, 0.15) is 11.3 Å². The molecule has 82 valence electrons. The number of aromatic nitrogens is 3. The zero-order chi connectivity index (χ0) is 11.4. The first-order valence-electron chi connectivity index (χ1n) is 5.15. The molecule has 0 unspecified atom stereocenters. The van der Waals surface area contributed by atoms with Crippen LogP contribution in [-0.2, 0) is 6.54 Å². The van der Waals surface area contributed by atoms with Crippen LogP contribution in [0, 0.1) is 6.92 Å². The number of pyridine rings is 1. The van der Waals surface area contributed by atoms with Gasteiger partial charge in [-0.1, -0.05) is 6.07 Å². The van der Waals surface area contributed by atoms with Gasteiger partial charge in [0, 0.05) is 37.9 Å². The van der Waals surface area contributed by atoms with E-state index in [1.54, 1.807) is 12.4 Å². The Balaban J connectivity index is 2.12. The molecule has 0 N–H and O–H groups in total. The molecule has 16 heavy (non-hydrogen) atoms. The minimum absolute atomic E-state index is 0.740. The van der Waals surface area contributed by atoms with E-state index >= 15 is 0 Å². The Morgan fingerprint density at radius 1 is 1.25 bits per heavy atom. The van der Waals surface area contributed by atoms with Crippen molar-refractivity contribution in [1.29, 1.82) is 0 Å². The number of hydrogen-bond donors (Lipinski definition) is 0. The van der Waals surface area contributed by atoms with E-state index in [4.69, 9.17) is 0 Å². The molecule has 2 aromatic heterocycles.